The average molecular weight is 279 g/mol. The van der Waals surface area contributed by atoms with E-state index in [-0.39, 0.29) is 0 Å². The van der Waals surface area contributed by atoms with Crippen LogP contribution < -0.4 is 5.32 Å². The third-order valence-corrected chi connectivity index (χ3v) is 5.24. The van der Waals surface area contributed by atoms with Gasteiger partial charge >= 0.3 is 0 Å². The highest BCUT2D eigenvalue weighted by molar-refractivity contribution is 7.12. The molecule has 0 fully saturated rings. The minimum absolute atomic E-state index is 0.480. The van der Waals surface area contributed by atoms with E-state index in [9.17, 15) is 0 Å². The van der Waals surface area contributed by atoms with Gasteiger partial charge in [-0.3, -0.25) is 0 Å². The second-order valence-corrected chi connectivity index (χ2v) is 6.68. The minimum atomic E-state index is 0.480. The molecule has 1 nitrogen and oxygen atoms in total. The van der Waals surface area contributed by atoms with Gasteiger partial charge in [-0.1, -0.05) is 19.9 Å². The average Bonchev–Trinajstić information content (AvgIpc) is 3.05. The van der Waals surface area contributed by atoms with Crippen molar-refractivity contribution in [1.29, 1.82) is 0 Å². The molecule has 0 bridgehead atoms. The Hall–Kier alpha value is -0.640. The van der Waals surface area contributed by atoms with E-state index < -0.39 is 0 Å². The molecule has 98 valence electrons. The first kappa shape index (κ1) is 13.8. The Kier molecular flexibility index (Phi) is 5.42. The van der Waals surface area contributed by atoms with Crippen LogP contribution in [-0.2, 0) is 12.8 Å². The zero-order chi connectivity index (χ0) is 12.8. The SMILES string of the molecule is CCCNC(Cc1ccc(CC)s1)c1cccs1. The Morgan fingerprint density at radius 2 is 2.00 bits per heavy atom. The molecule has 0 saturated carbocycles. The van der Waals surface area contributed by atoms with Crippen LogP contribution in [-0.4, -0.2) is 6.54 Å². The first-order valence-corrected chi connectivity index (χ1v) is 8.37. The summed E-state index contributed by atoms with van der Waals surface area (Å²) in [6.45, 7) is 5.54. The molecule has 0 aliphatic carbocycles. The quantitative estimate of drug-likeness (QED) is 0.777. The van der Waals surface area contributed by atoms with Crippen LogP contribution in [0.5, 0.6) is 0 Å². The molecule has 0 spiro atoms. The summed E-state index contributed by atoms with van der Waals surface area (Å²) in [6, 6.07) is 9.43. The summed E-state index contributed by atoms with van der Waals surface area (Å²) < 4.78 is 0. The zero-order valence-electron chi connectivity index (χ0n) is 11.1. The van der Waals surface area contributed by atoms with Crippen LogP contribution in [0.4, 0.5) is 0 Å². The molecule has 1 atom stereocenters. The van der Waals surface area contributed by atoms with E-state index in [2.05, 4.69) is 48.8 Å². The lowest BCUT2D eigenvalue weighted by Gasteiger charge is -2.16. The predicted molar refractivity (Wildman–Crippen MR) is 82.8 cm³/mol. The molecule has 3 heteroatoms. The lowest BCUT2D eigenvalue weighted by molar-refractivity contribution is 0.539. The highest BCUT2D eigenvalue weighted by Gasteiger charge is 2.13. The fourth-order valence-electron chi connectivity index (χ4n) is 2.00. The van der Waals surface area contributed by atoms with Crippen LogP contribution >= 0.6 is 22.7 Å². The lowest BCUT2D eigenvalue weighted by Crippen LogP contribution is -2.22. The Morgan fingerprint density at radius 3 is 2.61 bits per heavy atom. The second-order valence-electron chi connectivity index (χ2n) is 4.45. The van der Waals surface area contributed by atoms with E-state index >= 15 is 0 Å². The first-order chi connectivity index (χ1) is 8.83. The molecule has 0 saturated heterocycles. The zero-order valence-corrected chi connectivity index (χ0v) is 12.7. The number of nitrogens with one attached hydrogen (secondary N) is 1. The van der Waals surface area contributed by atoms with Gasteiger partial charge in [0.2, 0.25) is 0 Å². The van der Waals surface area contributed by atoms with Crippen molar-refractivity contribution in [3.05, 3.63) is 44.3 Å². The fraction of sp³-hybridized carbons (Fsp3) is 0.467. The van der Waals surface area contributed by atoms with Crippen molar-refractivity contribution in [3.8, 4) is 0 Å². The van der Waals surface area contributed by atoms with Crippen LogP contribution in [0, 0.1) is 0 Å². The van der Waals surface area contributed by atoms with Gasteiger partial charge in [-0.05, 0) is 43.0 Å². The van der Waals surface area contributed by atoms with E-state index in [1.54, 1.807) is 0 Å². The lowest BCUT2D eigenvalue weighted by atomic mass is 10.1. The number of hydrogen-bond donors (Lipinski definition) is 1. The molecule has 0 amide bonds. The van der Waals surface area contributed by atoms with Gasteiger partial charge in [0.25, 0.3) is 0 Å². The number of thiophene rings is 2. The van der Waals surface area contributed by atoms with Crippen molar-refractivity contribution in [2.45, 2.75) is 39.2 Å². The maximum Gasteiger partial charge on any atom is 0.0463 e. The van der Waals surface area contributed by atoms with Crippen molar-refractivity contribution in [2.75, 3.05) is 6.54 Å². The van der Waals surface area contributed by atoms with Gasteiger partial charge < -0.3 is 5.32 Å². The normalized spacial score (nSPS) is 12.8. The van der Waals surface area contributed by atoms with Gasteiger partial charge in [-0.2, -0.15) is 0 Å². The summed E-state index contributed by atoms with van der Waals surface area (Å²) in [5, 5.41) is 5.83. The molecule has 0 aliphatic heterocycles. The van der Waals surface area contributed by atoms with Crippen LogP contribution in [0.25, 0.3) is 0 Å². The van der Waals surface area contributed by atoms with Gasteiger partial charge in [0.05, 0.1) is 0 Å². The van der Waals surface area contributed by atoms with Gasteiger partial charge in [-0.15, -0.1) is 22.7 Å². The van der Waals surface area contributed by atoms with E-state index in [0.29, 0.717) is 6.04 Å². The van der Waals surface area contributed by atoms with Crippen LogP contribution in [0.15, 0.2) is 29.6 Å². The Labute approximate surface area is 118 Å². The van der Waals surface area contributed by atoms with E-state index in [4.69, 9.17) is 0 Å². The topological polar surface area (TPSA) is 12.0 Å². The highest BCUT2D eigenvalue weighted by atomic mass is 32.1. The summed E-state index contributed by atoms with van der Waals surface area (Å²) in [4.78, 5) is 4.44. The van der Waals surface area contributed by atoms with Crippen molar-refractivity contribution in [2.24, 2.45) is 0 Å². The van der Waals surface area contributed by atoms with E-state index in [1.807, 2.05) is 22.7 Å². The summed E-state index contributed by atoms with van der Waals surface area (Å²) in [5.41, 5.74) is 0. The van der Waals surface area contributed by atoms with Crippen molar-refractivity contribution in [1.82, 2.24) is 5.32 Å². The van der Waals surface area contributed by atoms with Gasteiger partial charge in [0.1, 0.15) is 0 Å². The molecule has 18 heavy (non-hydrogen) atoms. The molecule has 2 heterocycles. The third-order valence-electron chi connectivity index (χ3n) is 3.00. The van der Waals surface area contributed by atoms with Gasteiger partial charge in [-0.25, -0.2) is 0 Å². The summed E-state index contributed by atoms with van der Waals surface area (Å²) in [7, 11) is 0. The monoisotopic (exact) mass is 279 g/mol. The minimum Gasteiger partial charge on any atom is -0.309 e. The standard InChI is InChI=1S/C15H21NS2/c1-3-9-16-14(15-6-5-10-17-15)11-13-8-7-12(4-2)18-13/h5-8,10,14,16H,3-4,9,11H2,1-2H3. The first-order valence-electron chi connectivity index (χ1n) is 6.67. The Balaban J connectivity index is 2.04. The number of hydrogen-bond acceptors (Lipinski definition) is 3. The summed E-state index contributed by atoms with van der Waals surface area (Å²) in [6.07, 6.45) is 3.45. The molecule has 1 N–H and O–H groups in total. The van der Waals surface area contributed by atoms with Crippen molar-refractivity contribution >= 4 is 22.7 Å². The Bertz CT molecular complexity index is 445. The molecule has 0 aromatic carbocycles. The van der Waals surface area contributed by atoms with Gasteiger partial charge in [0, 0.05) is 27.1 Å². The smallest absolute Gasteiger partial charge is 0.0463 e. The Morgan fingerprint density at radius 1 is 1.17 bits per heavy atom. The third kappa shape index (κ3) is 3.67. The molecule has 1 unspecified atom stereocenters. The van der Waals surface area contributed by atoms with Gasteiger partial charge in [0.15, 0.2) is 0 Å². The van der Waals surface area contributed by atoms with Crippen LogP contribution in [0.2, 0.25) is 0 Å². The maximum atomic E-state index is 3.66. The van der Waals surface area contributed by atoms with Crippen molar-refractivity contribution < 1.29 is 0 Å². The highest BCUT2D eigenvalue weighted by Crippen LogP contribution is 2.26. The number of aryl methyl sites for hydroxylation is 1. The van der Waals surface area contributed by atoms with Crippen LogP contribution in [0.3, 0.4) is 0 Å². The predicted octanol–water partition coefficient (Wildman–Crippen LogP) is 4.66. The summed E-state index contributed by atoms with van der Waals surface area (Å²) >= 11 is 3.81. The molecule has 2 rings (SSSR count). The van der Waals surface area contributed by atoms with E-state index in [1.165, 1.54) is 21.1 Å². The van der Waals surface area contributed by atoms with E-state index in [0.717, 1.165) is 19.4 Å². The van der Waals surface area contributed by atoms with Crippen molar-refractivity contribution in [3.63, 3.8) is 0 Å². The largest absolute Gasteiger partial charge is 0.309 e. The fourth-order valence-corrected chi connectivity index (χ4v) is 3.81. The molecule has 0 aliphatic rings. The second kappa shape index (κ2) is 7.07. The summed E-state index contributed by atoms with van der Waals surface area (Å²) in [5.74, 6) is 0. The van der Waals surface area contributed by atoms with Crippen LogP contribution in [0.1, 0.15) is 40.9 Å². The molecular formula is C15H21NS2. The molecular weight excluding hydrogens is 258 g/mol. The number of rotatable bonds is 7. The molecule has 2 aromatic rings. The molecule has 2 aromatic heterocycles. The maximum absolute atomic E-state index is 3.66. The molecule has 0 radical (unpaired) electrons.